The van der Waals surface area contributed by atoms with Crippen molar-refractivity contribution in [2.75, 3.05) is 12.1 Å². The highest BCUT2D eigenvalue weighted by Gasteiger charge is 2.38. The van der Waals surface area contributed by atoms with Gasteiger partial charge in [-0.3, -0.25) is 9.59 Å². The first-order valence-electron chi connectivity index (χ1n) is 10.3. The normalized spacial score (nSPS) is 13.6. The van der Waals surface area contributed by atoms with Crippen LogP contribution in [0.3, 0.4) is 0 Å². The lowest BCUT2D eigenvalue weighted by Gasteiger charge is -2.26. The zero-order valence-corrected chi connectivity index (χ0v) is 18.6. The van der Waals surface area contributed by atoms with E-state index in [1.54, 1.807) is 18.2 Å². The molecule has 1 aromatic heterocycles. The van der Waals surface area contributed by atoms with Crippen molar-refractivity contribution in [3.63, 3.8) is 0 Å². The Balaban J connectivity index is 1.68. The number of hydrogen-bond donors (Lipinski definition) is 1. The van der Waals surface area contributed by atoms with Gasteiger partial charge in [-0.15, -0.1) is 0 Å². The highest BCUT2D eigenvalue weighted by molar-refractivity contribution is 5.96. The molecule has 1 N–H and O–H groups in total. The quantitative estimate of drug-likeness (QED) is 0.494. The Kier molecular flexibility index (Phi) is 5.97. The zero-order chi connectivity index (χ0) is 26.5. The van der Waals surface area contributed by atoms with E-state index in [9.17, 15) is 35.9 Å². The summed E-state index contributed by atoms with van der Waals surface area (Å²) in [5.41, 5.74) is -5.69. The average Bonchev–Trinajstić information content (AvgIpc) is 3.26. The lowest BCUT2D eigenvalue weighted by atomic mass is 10.0. The van der Waals surface area contributed by atoms with Crippen LogP contribution in [-0.4, -0.2) is 22.5 Å². The molecule has 2 heterocycles. The molecule has 0 fully saturated rings. The Morgan fingerprint density at radius 1 is 0.889 bits per heavy atom. The van der Waals surface area contributed by atoms with E-state index in [0.717, 1.165) is 10.7 Å². The smallest absolute Gasteiger partial charge is 0.416 e. The third-order valence-electron chi connectivity index (χ3n) is 5.40. The predicted octanol–water partition coefficient (Wildman–Crippen LogP) is 5.05. The molecule has 190 valence electrons. The standard InChI is InChI=1S/C23H17F6N3O4/c1-21(2,20(34)30-15-9-13(22(24,25)26)8-14(10-15)23(27,28)29)32-19(33)6-4-16(31-32)12-3-5-17-18(7-12)36-11-35-17/h3-10H,11H2,1-2H3,(H,30,34). The van der Waals surface area contributed by atoms with Crippen molar-refractivity contribution >= 4 is 11.6 Å². The van der Waals surface area contributed by atoms with Gasteiger partial charge in [-0.1, -0.05) is 0 Å². The van der Waals surface area contributed by atoms with Gasteiger partial charge in [-0.25, -0.2) is 4.68 Å². The van der Waals surface area contributed by atoms with Crippen molar-refractivity contribution in [3.8, 4) is 22.8 Å². The maximum atomic E-state index is 13.2. The second-order valence-electron chi connectivity index (χ2n) is 8.34. The maximum Gasteiger partial charge on any atom is 0.416 e. The number of nitrogens with one attached hydrogen (secondary N) is 1. The van der Waals surface area contributed by atoms with Crippen molar-refractivity contribution < 1.29 is 40.6 Å². The first-order chi connectivity index (χ1) is 16.7. The molecule has 0 saturated heterocycles. The highest BCUT2D eigenvalue weighted by atomic mass is 19.4. The van der Waals surface area contributed by atoms with E-state index in [-0.39, 0.29) is 18.6 Å². The molecule has 1 amide bonds. The van der Waals surface area contributed by atoms with Crippen LogP contribution in [0.1, 0.15) is 25.0 Å². The number of amides is 1. The average molecular weight is 513 g/mol. The number of nitrogens with zero attached hydrogens (tertiary/aromatic N) is 2. The molecule has 0 unspecified atom stereocenters. The van der Waals surface area contributed by atoms with Gasteiger partial charge in [0.2, 0.25) is 6.79 Å². The maximum absolute atomic E-state index is 13.2. The molecule has 2 aromatic carbocycles. The second kappa shape index (κ2) is 8.57. The minimum Gasteiger partial charge on any atom is -0.454 e. The van der Waals surface area contributed by atoms with Crippen LogP contribution >= 0.6 is 0 Å². The Labute approximate surface area is 199 Å². The van der Waals surface area contributed by atoms with Crippen LogP contribution in [0.2, 0.25) is 0 Å². The van der Waals surface area contributed by atoms with E-state index >= 15 is 0 Å². The molecule has 0 aliphatic carbocycles. The monoisotopic (exact) mass is 513 g/mol. The highest BCUT2D eigenvalue weighted by Crippen LogP contribution is 2.38. The second-order valence-corrected chi connectivity index (χ2v) is 8.34. The van der Waals surface area contributed by atoms with E-state index in [2.05, 4.69) is 10.4 Å². The van der Waals surface area contributed by atoms with Gasteiger partial charge in [-0.05, 0) is 56.3 Å². The molecule has 1 aliphatic heterocycles. The number of hydrogen-bond acceptors (Lipinski definition) is 5. The molecule has 0 saturated carbocycles. The number of halogens is 6. The minimum atomic E-state index is -5.09. The third kappa shape index (κ3) is 4.86. The first kappa shape index (κ1) is 25.1. The van der Waals surface area contributed by atoms with Gasteiger partial charge in [0.1, 0.15) is 5.54 Å². The number of anilines is 1. The zero-order valence-electron chi connectivity index (χ0n) is 18.6. The molecule has 13 heteroatoms. The molecular formula is C23H17F6N3O4. The number of aromatic nitrogens is 2. The number of carbonyl (C=O) groups is 1. The summed E-state index contributed by atoms with van der Waals surface area (Å²) in [4.78, 5) is 25.5. The summed E-state index contributed by atoms with van der Waals surface area (Å²) < 4.78 is 90.3. The van der Waals surface area contributed by atoms with Crippen molar-refractivity contribution in [3.05, 3.63) is 70.0 Å². The Morgan fingerprint density at radius 2 is 1.50 bits per heavy atom. The predicted molar refractivity (Wildman–Crippen MR) is 114 cm³/mol. The summed E-state index contributed by atoms with van der Waals surface area (Å²) >= 11 is 0. The van der Waals surface area contributed by atoms with E-state index in [4.69, 9.17) is 9.47 Å². The number of alkyl halides is 6. The first-order valence-corrected chi connectivity index (χ1v) is 10.3. The summed E-state index contributed by atoms with van der Waals surface area (Å²) in [7, 11) is 0. The Bertz CT molecular complexity index is 1360. The molecule has 1 aliphatic rings. The Hall–Kier alpha value is -4.03. The summed E-state index contributed by atoms with van der Waals surface area (Å²) in [5.74, 6) is -0.118. The minimum absolute atomic E-state index is 0.0322. The van der Waals surface area contributed by atoms with E-state index in [0.29, 0.717) is 29.2 Å². The number of ether oxygens (including phenoxy) is 2. The molecule has 0 bridgehead atoms. The summed E-state index contributed by atoms with van der Waals surface area (Å²) in [6.07, 6.45) is -10.2. The fourth-order valence-corrected chi connectivity index (χ4v) is 3.43. The summed E-state index contributed by atoms with van der Waals surface area (Å²) in [6, 6.07) is 8.10. The fraction of sp³-hybridized carbons (Fsp3) is 0.261. The van der Waals surface area contributed by atoms with E-state index < -0.39 is 46.2 Å². The van der Waals surface area contributed by atoms with Crippen molar-refractivity contribution in [2.45, 2.75) is 31.7 Å². The number of rotatable bonds is 4. The van der Waals surface area contributed by atoms with Crippen LogP contribution in [-0.2, 0) is 22.7 Å². The van der Waals surface area contributed by atoms with Gasteiger partial charge in [-0.2, -0.15) is 31.4 Å². The summed E-state index contributed by atoms with van der Waals surface area (Å²) in [5, 5.41) is 6.25. The van der Waals surface area contributed by atoms with Gasteiger partial charge >= 0.3 is 12.4 Å². The molecule has 4 rings (SSSR count). The number of fused-ring (bicyclic) bond motifs is 1. The van der Waals surface area contributed by atoms with Crippen molar-refractivity contribution in [1.29, 1.82) is 0 Å². The lowest BCUT2D eigenvalue weighted by Crippen LogP contribution is -2.47. The largest absolute Gasteiger partial charge is 0.454 e. The molecule has 0 atom stereocenters. The van der Waals surface area contributed by atoms with Gasteiger partial charge in [0.05, 0.1) is 16.8 Å². The van der Waals surface area contributed by atoms with Crippen LogP contribution < -0.4 is 20.3 Å². The lowest BCUT2D eigenvalue weighted by molar-refractivity contribution is -0.143. The topological polar surface area (TPSA) is 82.5 Å². The van der Waals surface area contributed by atoms with Gasteiger partial charge in [0, 0.05) is 17.3 Å². The molecule has 3 aromatic rings. The van der Waals surface area contributed by atoms with Crippen molar-refractivity contribution in [1.82, 2.24) is 9.78 Å². The van der Waals surface area contributed by atoms with Crippen LogP contribution in [0.25, 0.3) is 11.3 Å². The van der Waals surface area contributed by atoms with Gasteiger partial charge in [0.25, 0.3) is 11.5 Å². The van der Waals surface area contributed by atoms with Gasteiger partial charge in [0.15, 0.2) is 11.5 Å². The van der Waals surface area contributed by atoms with Crippen molar-refractivity contribution in [2.24, 2.45) is 0 Å². The molecule has 7 nitrogen and oxygen atoms in total. The van der Waals surface area contributed by atoms with Crippen LogP contribution in [0.15, 0.2) is 53.3 Å². The summed E-state index contributed by atoms with van der Waals surface area (Å²) in [6.45, 7) is 2.53. The number of benzene rings is 2. The SMILES string of the molecule is CC(C)(C(=O)Nc1cc(C(F)(F)F)cc(C(F)(F)F)c1)n1nc(-c2ccc3c(c2)OCO3)ccc1=O. The van der Waals surface area contributed by atoms with E-state index in [1.807, 2.05) is 0 Å². The van der Waals surface area contributed by atoms with Crippen LogP contribution in [0.5, 0.6) is 11.5 Å². The number of carbonyl (C=O) groups excluding carboxylic acids is 1. The third-order valence-corrected chi connectivity index (χ3v) is 5.40. The molecule has 0 radical (unpaired) electrons. The molecule has 36 heavy (non-hydrogen) atoms. The van der Waals surface area contributed by atoms with E-state index in [1.165, 1.54) is 19.9 Å². The van der Waals surface area contributed by atoms with Gasteiger partial charge < -0.3 is 14.8 Å². The fourth-order valence-electron chi connectivity index (χ4n) is 3.43. The van der Waals surface area contributed by atoms with Crippen LogP contribution in [0, 0.1) is 0 Å². The molecule has 0 spiro atoms. The molecular weight excluding hydrogens is 496 g/mol. The van der Waals surface area contributed by atoms with Crippen LogP contribution in [0.4, 0.5) is 32.0 Å². The Morgan fingerprint density at radius 3 is 2.11 bits per heavy atom.